The average Bonchev–Trinajstić information content (AvgIpc) is 3.46. The predicted octanol–water partition coefficient (Wildman–Crippen LogP) is 5.04. The van der Waals surface area contributed by atoms with E-state index in [9.17, 15) is 14.0 Å². The zero-order chi connectivity index (χ0) is 23.1. The van der Waals surface area contributed by atoms with Gasteiger partial charge in [-0.05, 0) is 44.4 Å². The number of nitrogens with zero attached hydrogens (tertiary/aromatic N) is 1. The number of hydrogen-bond acceptors (Lipinski definition) is 5. The van der Waals surface area contributed by atoms with Gasteiger partial charge in [-0.15, -0.1) is 11.3 Å². The number of hydrogen-bond donors (Lipinski definition) is 3. The van der Waals surface area contributed by atoms with Crippen LogP contribution in [0.25, 0.3) is 0 Å². The second kappa shape index (κ2) is 11.6. The molecule has 0 saturated heterocycles. The van der Waals surface area contributed by atoms with Crippen molar-refractivity contribution in [1.82, 2.24) is 15.6 Å². The van der Waals surface area contributed by atoms with E-state index < -0.39 is 12.7 Å². The molecule has 0 aromatic carbocycles. The minimum Gasteiger partial charge on any atom is -0.376 e. The first-order chi connectivity index (χ1) is 15.4. The Kier molecular flexibility index (Phi) is 8.87. The number of carbonyl (C=O) groups excluding carboxylic acids is 2. The molecule has 3 rings (SSSR count). The highest BCUT2D eigenvalue weighted by atomic mass is 35.5. The SMILES string of the molecule is Cc1ncc(Cl)cc1NC(C)c1ccc(C(=O)NC(CC2CCCC2)C(=O)NCCF)s1. The number of nitrogens with one attached hydrogen (secondary N) is 3. The van der Waals surface area contributed by atoms with Gasteiger partial charge in [0.05, 0.1) is 27.3 Å². The highest BCUT2D eigenvalue weighted by Gasteiger charge is 2.27. The van der Waals surface area contributed by atoms with Crippen molar-refractivity contribution < 1.29 is 14.0 Å². The summed E-state index contributed by atoms with van der Waals surface area (Å²) in [5.41, 5.74) is 1.68. The van der Waals surface area contributed by atoms with E-state index in [0.717, 1.165) is 41.9 Å². The van der Waals surface area contributed by atoms with Crippen LogP contribution in [-0.2, 0) is 4.79 Å². The van der Waals surface area contributed by atoms with Crippen LogP contribution in [0.1, 0.15) is 65.3 Å². The normalized spacial score (nSPS) is 15.9. The number of carbonyl (C=O) groups is 2. The summed E-state index contributed by atoms with van der Waals surface area (Å²) in [5.74, 6) is -0.194. The van der Waals surface area contributed by atoms with Crippen molar-refractivity contribution in [2.45, 2.75) is 58.0 Å². The highest BCUT2D eigenvalue weighted by Crippen LogP contribution is 2.30. The molecule has 1 aliphatic rings. The molecule has 1 fully saturated rings. The quantitative estimate of drug-likeness (QED) is 0.444. The zero-order valence-electron chi connectivity index (χ0n) is 18.4. The van der Waals surface area contributed by atoms with Gasteiger partial charge in [0.15, 0.2) is 0 Å². The van der Waals surface area contributed by atoms with Crippen LogP contribution < -0.4 is 16.0 Å². The van der Waals surface area contributed by atoms with Gasteiger partial charge in [0.1, 0.15) is 12.7 Å². The zero-order valence-corrected chi connectivity index (χ0v) is 20.0. The van der Waals surface area contributed by atoms with Gasteiger partial charge in [0.2, 0.25) is 5.91 Å². The molecule has 9 heteroatoms. The van der Waals surface area contributed by atoms with Crippen molar-refractivity contribution in [3.8, 4) is 0 Å². The van der Waals surface area contributed by atoms with E-state index in [4.69, 9.17) is 11.6 Å². The molecule has 1 saturated carbocycles. The summed E-state index contributed by atoms with van der Waals surface area (Å²) in [7, 11) is 0. The van der Waals surface area contributed by atoms with Gasteiger partial charge in [-0.3, -0.25) is 14.6 Å². The first kappa shape index (κ1) is 24.5. The fourth-order valence-corrected chi connectivity index (χ4v) is 5.07. The number of thiophene rings is 1. The van der Waals surface area contributed by atoms with Gasteiger partial charge in [0, 0.05) is 17.6 Å². The molecular weight excluding hydrogens is 451 g/mol. The molecule has 2 amide bonds. The van der Waals surface area contributed by atoms with Gasteiger partial charge >= 0.3 is 0 Å². The summed E-state index contributed by atoms with van der Waals surface area (Å²) in [6, 6.07) is 4.79. The molecule has 0 bridgehead atoms. The van der Waals surface area contributed by atoms with E-state index in [1.54, 1.807) is 12.3 Å². The molecule has 32 heavy (non-hydrogen) atoms. The predicted molar refractivity (Wildman–Crippen MR) is 127 cm³/mol. The maximum atomic E-state index is 12.9. The Hall–Kier alpha value is -2.19. The first-order valence-electron chi connectivity index (χ1n) is 11.0. The maximum absolute atomic E-state index is 12.9. The Morgan fingerprint density at radius 1 is 1.31 bits per heavy atom. The van der Waals surface area contributed by atoms with Crippen LogP contribution in [-0.4, -0.2) is 36.1 Å². The Balaban J connectivity index is 1.65. The second-order valence-corrected chi connectivity index (χ2v) is 9.80. The Bertz CT molecular complexity index is 932. The van der Waals surface area contributed by atoms with E-state index >= 15 is 0 Å². The Morgan fingerprint density at radius 3 is 2.78 bits per heavy atom. The number of alkyl halides is 1. The van der Waals surface area contributed by atoms with Crippen molar-refractivity contribution in [1.29, 1.82) is 0 Å². The Morgan fingerprint density at radius 2 is 2.06 bits per heavy atom. The minimum atomic E-state index is -0.654. The third-order valence-electron chi connectivity index (χ3n) is 5.76. The van der Waals surface area contributed by atoms with Gasteiger partial charge < -0.3 is 16.0 Å². The van der Waals surface area contributed by atoms with Gasteiger partial charge in [0.25, 0.3) is 5.91 Å². The monoisotopic (exact) mass is 480 g/mol. The lowest BCUT2D eigenvalue weighted by Gasteiger charge is -2.21. The lowest BCUT2D eigenvalue weighted by molar-refractivity contribution is -0.123. The molecule has 1 aliphatic carbocycles. The van der Waals surface area contributed by atoms with Gasteiger partial charge in [-0.2, -0.15) is 0 Å². The summed E-state index contributed by atoms with van der Waals surface area (Å²) < 4.78 is 12.5. The Labute approximate surface area is 197 Å². The minimum absolute atomic E-state index is 0.0417. The standard InChI is InChI=1S/C23H30ClFN4O2S/c1-14-18(12-17(24)13-27-14)28-15(2)20-7-8-21(32-20)23(31)29-19(22(30)26-10-9-25)11-16-5-3-4-6-16/h7-8,12-13,15-16,19,28H,3-6,9-11H2,1-2H3,(H,26,30)(H,29,31). The molecule has 0 aliphatic heterocycles. The van der Waals surface area contributed by atoms with E-state index in [2.05, 4.69) is 20.9 Å². The van der Waals surface area contributed by atoms with Crippen molar-refractivity contribution in [2.24, 2.45) is 5.92 Å². The number of rotatable bonds is 10. The fraction of sp³-hybridized carbons (Fsp3) is 0.522. The van der Waals surface area contributed by atoms with E-state index in [1.807, 2.05) is 26.0 Å². The molecule has 0 spiro atoms. The highest BCUT2D eigenvalue weighted by molar-refractivity contribution is 7.14. The molecule has 174 valence electrons. The molecule has 2 heterocycles. The van der Waals surface area contributed by atoms with Gasteiger partial charge in [-0.25, -0.2) is 4.39 Å². The molecule has 6 nitrogen and oxygen atoms in total. The summed E-state index contributed by atoms with van der Waals surface area (Å²) in [6.07, 6.45) is 6.61. The van der Waals surface area contributed by atoms with Crippen molar-refractivity contribution in [3.05, 3.63) is 44.9 Å². The van der Waals surface area contributed by atoms with Crippen LogP contribution in [0.3, 0.4) is 0 Å². The van der Waals surface area contributed by atoms with Crippen molar-refractivity contribution in [2.75, 3.05) is 18.5 Å². The number of halogens is 2. The number of aryl methyl sites for hydroxylation is 1. The molecule has 2 aromatic rings. The number of amides is 2. The topological polar surface area (TPSA) is 83.1 Å². The fourth-order valence-electron chi connectivity index (χ4n) is 4.00. The number of aromatic nitrogens is 1. The molecule has 2 unspecified atom stereocenters. The summed E-state index contributed by atoms with van der Waals surface area (Å²) in [5, 5.41) is 9.38. The van der Waals surface area contributed by atoms with Crippen LogP contribution in [0.5, 0.6) is 0 Å². The molecule has 0 radical (unpaired) electrons. The first-order valence-corrected chi connectivity index (χ1v) is 12.2. The molecule has 2 aromatic heterocycles. The van der Waals surface area contributed by atoms with Crippen LogP contribution in [0.4, 0.5) is 10.1 Å². The summed E-state index contributed by atoms with van der Waals surface area (Å²) in [6.45, 7) is 3.23. The van der Waals surface area contributed by atoms with Gasteiger partial charge in [-0.1, -0.05) is 37.3 Å². The van der Waals surface area contributed by atoms with E-state index in [1.165, 1.54) is 11.3 Å². The summed E-state index contributed by atoms with van der Waals surface area (Å²) in [4.78, 5) is 31.2. The lowest BCUT2D eigenvalue weighted by Crippen LogP contribution is -2.47. The van der Waals surface area contributed by atoms with Crippen molar-refractivity contribution >= 4 is 40.4 Å². The van der Waals surface area contributed by atoms with Crippen LogP contribution in [0, 0.1) is 12.8 Å². The van der Waals surface area contributed by atoms with Crippen molar-refractivity contribution in [3.63, 3.8) is 0 Å². The number of anilines is 1. The van der Waals surface area contributed by atoms with E-state index in [0.29, 0.717) is 22.2 Å². The molecule has 3 N–H and O–H groups in total. The third kappa shape index (κ3) is 6.65. The van der Waals surface area contributed by atoms with Crippen LogP contribution in [0.2, 0.25) is 5.02 Å². The average molecular weight is 481 g/mol. The number of pyridine rings is 1. The lowest BCUT2D eigenvalue weighted by atomic mass is 9.97. The van der Waals surface area contributed by atoms with Crippen LogP contribution in [0.15, 0.2) is 24.4 Å². The smallest absolute Gasteiger partial charge is 0.262 e. The van der Waals surface area contributed by atoms with Crippen LogP contribution >= 0.6 is 22.9 Å². The maximum Gasteiger partial charge on any atom is 0.262 e. The van der Waals surface area contributed by atoms with E-state index in [-0.39, 0.29) is 24.4 Å². The second-order valence-electron chi connectivity index (χ2n) is 8.25. The largest absolute Gasteiger partial charge is 0.376 e. The molecular formula is C23H30ClFN4O2S. The summed E-state index contributed by atoms with van der Waals surface area (Å²) >= 11 is 7.43. The third-order valence-corrected chi connectivity index (χ3v) is 7.24. The molecule has 2 atom stereocenters.